The second kappa shape index (κ2) is 11.8. The van der Waals surface area contributed by atoms with Gasteiger partial charge in [0.2, 0.25) is 5.91 Å². The van der Waals surface area contributed by atoms with E-state index in [0.29, 0.717) is 0 Å². The van der Waals surface area contributed by atoms with Crippen LogP contribution in [-0.4, -0.2) is 106 Å². The second-order valence-corrected chi connectivity index (χ2v) is 8.11. The van der Waals surface area contributed by atoms with E-state index in [0.717, 1.165) is 90.1 Å². The number of nitrogens with one attached hydrogen (secondary N) is 1. The van der Waals surface area contributed by atoms with E-state index >= 15 is 0 Å². The van der Waals surface area contributed by atoms with Crippen molar-refractivity contribution >= 4 is 17.6 Å². The number of hydrogen-bond acceptors (Lipinski definition) is 5. The van der Waals surface area contributed by atoms with Crippen molar-refractivity contribution in [2.24, 2.45) is 4.99 Å². The highest BCUT2D eigenvalue weighted by atomic mass is 16.5. The van der Waals surface area contributed by atoms with Gasteiger partial charge in [-0.1, -0.05) is 0 Å². The van der Waals surface area contributed by atoms with E-state index in [9.17, 15) is 4.79 Å². The Hall–Kier alpha value is -2.48. The van der Waals surface area contributed by atoms with E-state index in [1.165, 1.54) is 5.69 Å². The van der Waals surface area contributed by atoms with Gasteiger partial charge in [0.15, 0.2) is 5.96 Å². The van der Waals surface area contributed by atoms with Gasteiger partial charge < -0.3 is 24.8 Å². The average Bonchev–Trinajstić information content (AvgIpc) is 2.81. The summed E-state index contributed by atoms with van der Waals surface area (Å²) in [5.74, 6) is 2.05. The van der Waals surface area contributed by atoms with Gasteiger partial charge in [-0.2, -0.15) is 0 Å². The van der Waals surface area contributed by atoms with E-state index in [1.807, 2.05) is 17.0 Å². The monoisotopic (exact) mass is 430 g/mol. The lowest BCUT2D eigenvalue weighted by atomic mass is 10.2. The number of guanidine groups is 1. The highest BCUT2D eigenvalue weighted by Gasteiger charge is 2.21. The zero-order valence-corrected chi connectivity index (χ0v) is 19.3. The van der Waals surface area contributed by atoms with E-state index in [1.54, 1.807) is 14.0 Å². The smallest absolute Gasteiger partial charge is 0.219 e. The molecule has 0 aromatic heterocycles. The van der Waals surface area contributed by atoms with Crippen LogP contribution in [0.5, 0.6) is 5.75 Å². The molecule has 2 aliphatic heterocycles. The second-order valence-electron chi connectivity index (χ2n) is 8.11. The van der Waals surface area contributed by atoms with Gasteiger partial charge >= 0.3 is 0 Å². The average molecular weight is 431 g/mol. The van der Waals surface area contributed by atoms with Crippen LogP contribution in [0.4, 0.5) is 5.69 Å². The fourth-order valence-electron chi connectivity index (χ4n) is 4.16. The first-order chi connectivity index (χ1) is 15.1. The number of nitrogens with zero attached hydrogens (tertiary/aromatic N) is 5. The Labute approximate surface area is 186 Å². The number of ether oxygens (including phenoxy) is 1. The van der Waals surface area contributed by atoms with Gasteiger partial charge in [0.1, 0.15) is 5.75 Å². The Bertz CT molecular complexity index is 707. The van der Waals surface area contributed by atoms with Crippen LogP contribution in [0.15, 0.2) is 29.3 Å². The van der Waals surface area contributed by atoms with Crippen LogP contribution in [0, 0.1) is 0 Å². The molecule has 0 bridgehead atoms. The van der Waals surface area contributed by atoms with Gasteiger partial charge in [-0.05, 0) is 37.6 Å². The molecule has 2 fully saturated rings. The third-order valence-electron chi connectivity index (χ3n) is 6.06. The quantitative estimate of drug-likeness (QED) is 0.400. The van der Waals surface area contributed by atoms with Crippen molar-refractivity contribution in [2.75, 3.05) is 84.0 Å². The number of piperazine rings is 2. The van der Waals surface area contributed by atoms with Crippen LogP contribution < -0.4 is 15.0 Å². The van der Waals surface area contributed by atoms with Gasteiger partial charge in [-0.3, -0.25) is 14.7 Å². The lowest BCUT2D eigenvalue weighted by Gasteiger charge is -2.36. The molecule has 0 aliphatic carbocycles. The van der Waals surface area contributed by atoms with Gasteiger partial charge in [-0.25, -0.2) is 0 Å². The maximum atomic E-state index is 11.5. The molecule has 0 radical (unpaired) electrons. The molecule has 0 saturated carbocycles. The standard InChI is InChI=1S/C23H38N6O2/c1-4-24-23(29-18-16-27(17-19-29)20(2)30)25-10-5-11-26-12-14-28(15-13-26)21-6-8-22(31-3)9-7-21/h6-9H,4-5,10-19H2,1-3H3,(H,24,25). The summed E-state index contributed by atoms with van der Waals surface area (Å²) < 4.78 is 5.25. The maximum absolute atomic E-state index is 11.5. The fraction of sp³-hybridized carbons (Fsp3) is 0.652. The van der Waals surface area contributed by atoms with Crippen LogP contribution in [0.1, 0.15) is 20.3 Å². The molecule has 8 heteroatoms. The van der Waals surface area contributed by atoms with Gasteiger partial charge in [-0.15, -0.1) is 0 Å². The highest BCUT2D eigenvalue weighted by molar-refractivity contribution is 5.80. The Morgan fingerprint density at radius 1 is 1.00 bits per heavy atom. The molecule has 0 spiro atoms. The van der Waals surface area contributed by atoms with E-state index in [2.05, 4.69) is 39.1 Å². The fourth-order valence-corrected chi connectivity index (χ4v) is 4.16. The largest absolute Gasteiger partial charge is 0.497 e. The molecule has 1 aromatic rings. The van der Waals surface area contributed by atoms with Gasteiger partial charge in [0.05, 0.1) is 7.11 Å². The molecule has 1 aromatic carbocycles. The number of anilines is 1. The number of carbonyl (C=O) groups is 1. The SMILES string of the molecule is CCNC(=NCCCN1CCN(c2ccc(OC)cc2)CC1)N1CCN(C(C)=O)CC1. The zero-order valence-electron chi connectivity index (χ0n) is 19.3. The third kappa shape index (κ3) is 6.75. The predicted octanol–water partition coefficient (Wildman–Crippen LogP) is 1.34. The van der Waals surface area contributed by atoms with E-state index in [-0.39, 0.29) is 5.91 Å². The van der Waals surface area contributed by atoms with E-state index in [4.69, 9.17) is 9.73 Å². The van der Waals surface area contributed by atoms with Crippen LogP contribution in [0.25, 0.3) is 0 Å². The minimum absolute atomic E-state index is 0.161. The molecule has 1 amide bonds. The minimum Gasteiger partial charge on any atom is -0.497 e. The molecule has 1 N–H and O–H groups in total. The third-order valence-corrected chi connectivity index (χ3v) is 6.06. The van der Waals surface area contributed by atoms with Crippen LogP contribution in [0.3, 0.4) is 0 Å². The summed E-state index contributed by atoms with van der Waals surface area (Å²) in [4.78, 5) is 25.5. The molecule has 31 heavy (non-hydrogen) atoms. The lowest BCUT2D eigenvalue weighted by molar-refractivity contribution is -0.130. The molecule has 172 valence electrons. The van der Waals surface area contributed by atoms with Crippen molar-refractivity contribution in [3.8, 4) is 5.75 Å². The molecule has 8 nitrogen and oxygen atoms in total. The summed E-state index contributed by atoms with van der Waals surface area (Å²) in [6, 6.07) is 8.34. The van der Waals surface area contributed by atoms with Crippen molar-refractivity contribution < 1.29 is 9.53 Å². The molecule has 0 unspecified atom stereocenters. The number of carbonyl (C=O) groups excluding carboxylic acids is 1. The van der Waals surface area contributed by atoms with Crippen LogP contribution >= 0.6 is 0 Å². The number of benzene rings is 1. The zero-order chi connectivity index (χ0) is 22.1. The molecular formula is C23H38N6O2. The molecule has 2 saturated heterocycles. The van der Waals surface area contributed by atoms with Crippen molar-refractivity contribution in [2.45, 2.75) is 20.3 Å². The van der Waals surface area contributed by atoms with Crippen LogP contribution in [0.2, 0.25) is 0 Å². The summed E-state index contributed by atoms with van der Waals surface area (Å²) in [7, 11) is 1.70. The van der Waals surface area contributed by atoms with Crippen LogP contribution in [-0.2, 0) is 4.79 Å². The first-order valence-corrected chi connectivity index (χ1v) is 11.5. The van der Waals surface area contributed by atoms with Crippen molar-refractivity contribution in [1.82, 2.24) is 20.0 Å². The van der Waals surface area contributed by atoms with E-state index < -0.39 is 0 Å². The number of methoxy groups -OCH3 is 1. The summed E-state index contributed by atoms with van der Waals surface area (Å²) in [5.41, 5.74) is 1.27. The van der Waals surface area contributed by atoms with Crippen molar-refractivity contribution in [3.05, 3.63) is 24.3 Å². The Morgan fingerprint density at radius 3 is 2.23 bits per heavy atom. The number of rotatable bonds is 7. The lowest BCUT2D eigenvalue weighted by Crippen LogP contribution is -2.53. The van der Waals surface area contributed by atoms with Gasteiger partial charge in [0, 0.05) is 84.6 Å². The molecule has 0 atom stereocenters. The maximum Gasteiger partial charge on any atom is 0.219 e. The normalized spacial score (nSPS) is 18.3. The number of hydrogen-bond donors (Lipinski definition) is 1. The Kier molecular flexibility index (Phi) is 8.82. The summed E-state index contributed by atoms with van der Waals surface area (Å²) in [6.07, 6.45) is 1.06. The summed E-state index contributed by atoms with van der Waals surface area (Å²) in [5, 5.41) is 3.41. The van der Waals surface area contributed by atoms with Crippen molar-refractivity contribution in [3.63, 3.8) is 0 Å². The highest BCUT2D eigenvalue weighted by Crippen LogP contribution is 2.20. The molecule has 3 rings (SSSR count). The first kappa shape index (κ1) is 23.2. The Balaban J connectivity index is 1.39. The summed E-state index contributed by atoms with van der Waals surface area (Å²) in [6.45, 7) is 14.0. The van der Waals surface area contributed by atoms with Crippen molar-refractivity contribution in [1.29, 1.82) is 0 Å². The molecular weight excluding hydrogens is 392 g/mol. The number of aliphatic imine (C=N–C) groups is 1. The Morgan fingerprint density at radius 2 is 1.65 bits per heavy atom. The topological polar surface area (TPSA) is 63.7 Å². The van der Waals surface area contributed by atoms with Gasteiger partial charge in [0.25, 0.3) is 0 Å². The predicted molar refractivity (Wildman–Crippen MR) is 126 cm³/mol. The minimum atomic E-state index is 0.161. The molecule has 2 aliphatic rings. The molecule has 2 heterocycles. The first-order valence-electron chi connectivity index (χ1n) is 11.5. The number of amides is 1. The summed E-state index contributed by atoms with van der Waals surface area (Å²) >= 11 is 0.